The molecule has 0 radical (unpaired) electrons. The van der Waals surface area contributed by atoms with Crippen LogP contribution in [0.25, 0.3) is 0 Å². The highest BCUT2D eigenvalue weighted by atomic mass is 35.5. The second-order valence-electron chi connectivity index (χ2n) is 4.47. The van der Waals surface area contributed by atoms with Crippen LogP contribution in [0, 0.1) is 10.1 Å². The van der Waals surface area contributed by atoms with E-state index < -0.39 is 18.1 Å². The standard InChI is InChI=1S/C13H16Cl2NO5P/c1-4-6-20-22(3,19)13(5-2)21-12-8-11(16(17)18)9(14)7-10(12)15/h4,7-8,13H,1,5-6H2,2-3H3. The van der Waals surface area contributed by atoms with Crippen molar-refractivity contribution in [2.75, 3.05) is 13.3 Å². The lowest BCUT2D eigenvalue weighted by atomic mass is 10.3. The maximum atomic E-state index is 12.5. The minimum atomic E-state index is -3.11. The fourth-order valence-electron chi connectivity index (χ4n) is 1.69. The highest BCUT2D eigenvalue weighted by Crippen LogP contribution is 2.51. The average molecular weight is 368 g/mol. The number of nitrogens with zero attached hydrogens (tertiary/aromatic N) is 1. The van der Waals surface area contributed by atoms with Crippen LogP contribution in [-0.2, 0) is 9.09 Å². The molecule has 6 nitrogen and oxygen atoms in total. The van der Waals surface area contributed by atoms with Crippen molar-refractivity contribution >= 4 is 36.3 Å². The number of ether oxygens (including phenoxy) is 1. The molecule has 0 spiro atoms. The summed E-state index contributed by atoms with van der Waals surface area (Å²) < 4.78 is 23.3. The first-order chi connectivity index (χ1) is 10.2. The van der Waals surface area contributed by atoms with Gasteiger partial charge in [-0.25, -0.2) is 0 Å². The molecule has 0 bridgehead atoms. The van der Waals surface area contributed by atoms with Crippen LogP contribution >= 0.6 is 30.6 Å². The highest BCUT2D eigenvalue weighted by molar-refractivity contribution is 7.58. The maximum Gasteiger partial charge on any atom is 0.291 e. The summed E-state index contributed by atoms with van der Waals surface area (Å²) >= 11 is 11.7. The molecule has 0 heterocycles. The molecule has 1 aromatic rings. The quantitative estimate of drug-likeness (QED) is 0.275. The number of nitro groups is 1. The van der Waals surface area contributed by atoms with E-state index in [1.807, 2.05) is 0 Å². The van der Waals surface area contributed by atoms with Crippen molar-refractivity contribution < 1.29 is 18.7 Å². The molecular formula is C13H16Cl2NO5P. The second-order valence-corrected chi connectivity index (χ2v) is 7.93. The molecule has 0 aliphatic rings. The summed E-state index contributed by atoms with van der Waals surface area (Å²) in [5, 5.41) is 10.9. The van der Waals surface area contributed by atoms with Gasteiger partial charge in [-0.3, -0.25) is 14.7 Å². The predicted molar refractivity (Wildman–Crippen MR) is 87.5 cm³/mol. The van der Waals surface area contributed by atoms with E-state index in [4.69, 9.17) is 32.5 Å². The SMILES string of the molecule is C=CCOP(C)(=O)C(CC)Oc1cc([N+](=O)[O-])c(Cl)cc1Cl. The first-order valence-corrected chi connectivity index (χ1v) is 9.25. The Bertz CT molecular complexity index is 623. The molecule has 22 heavy (non-hydrogen) atoms. The van der Waals surface area contributed by atoms with E-state index in [-0.39, 0.29) is 28.1 Å². The molecule has 0 N–H and O–H groups in total. The lowest BCUT2D eigenvalue weighted by molar-refractivity contribution is -0.384. The lowest BCUT2D eigenvalue weighted by Gasteiger charge is -2.24. The van der Waals surface area contributed by atoms with Crippen molar-refractivity contribution in [3.05, 3.63) is 44.9 Å². The number of hydrogen-bond acceptors (Lipinski definition) is 5. The Labute approximate surface area is 138 Å². The van der Waals surface area contributed by atoms with Crippen LogP contribution in [0.5, 0.6) is 5.75 Å². The van der Waals surface area contributed by atoms with Gasteiger partial charge in [0.25, 0.3) is 5.69 Å². The predicted octanol–water partition coefficient (Wildman–Crippen LogP) is 5.13. The van der Waals surface area contributed by atoms with Gasteiger partial charge in [0.05, 0.1) is 22.6 Å². The summed E-state index contributed by atoms with van der Waals surface area (Å²) in [6, 6.07) is 2.33. The van der Waals surface area contributed by atoms with Gasteiger partial charge in [-0.1, -0.05) is 36.2 Å². The van der Waals surface area contributed by atoms with Gasteiger partial charge in [-0.15, -0.1) is 6.58 Å². The summed E-state index contributed by atoms with van der Waals surface area (Å²) in [6.07, 6.45) is 1.85. The van der Waals surface area contributed by atoms with Gasteiger partial charge in [0, 0.05) is 6.66 Å². The molecule has 1 aromatic carbocycles. The Hall–Kier alpha value is -1.07. The summed E-state index contributed by atoms with van der Waals surface area (Å²) in [7, 11) is -3.11. The number of nitro benzene ring substituents is 1. The molecule has 2 atom stereocenters. The zero-order valence-electron chi connectivity index (χ0n) is 12.1. The van der Waals surface area contributed by atoms with Gasteiger partial charge in [-0.05, 0) is 12.5 Å². The van der Waals surface area contributed by atoms with Crippen molar-refractivity contribution in [3.63, 3.8) is 0 Å². The number of hydrogen-bond donors (Lipinski definition) is 0. The molecule has 0 saturated heterocycles. The first-order valence-electron chi connectivity index (χ1n) is 6.35. The molecule has 2 unspecified atom stereocenters. The Morgan fingerprint density at radius 2 is 2.09 bits per heavy atom. The van der Waals surface area contributed by atoms with Gasteiger partial charge in [-0.2, -0.15) is 0 Å². The maximum absolute atomic E-state index is 12.5. The largest absolute Gasteiger partial charge is 0.479 e. The van der Waals surface area contributed by atoms with Crippen molar-refractivity contribution in [2.24, 2.45) is 0 Å². The van der Waals surface area contributed by atoms with Crippen molar-refractivity contribution in [3.8, 4) is 5.75 Å². The third-order valence-electron chi connectivity index (χ3n) is 2.78. The lowest BCUT2D eigenvalue weighted by Crippen LogP contribution is -2.17. The third kappa shape index (κ3) is 4.71. The molecule has 1 rings (SSSR count). The van der Waals surface area contributed by atoms with Crippen molar-refractivity contribution in [2.45, 2.75) is 19.2 Å². The van der Waals surface area contributed by atoms with E-state index in [1.165, 1.54) is 18.8 Å². The smallest absolute Gasteiger partial charge is 0.291 e. The Balaban J connectivity index is 3.10. The molecular weight excluding hydrogens is 352 g/mol. The number of benzene rings is 1. The van der Waals surface area contributed by atoms with Crippen LogP contribution in [0.3, 0.4) is 0 Å². The van der Waals surface area contributed by atoms with Crippen molar-refractivity contribution in [1.29, 1.82) is 0 Å². The van der Waals surface area contributed by atoms with Crippen LogP contribution in [0.4, 0.5) is 5.69 Å². The minimum Gasteiger partial charge on any atom is -0.479 e. The number of halogens is 2. The molecule has 0 aliphatic heterocycles. The van der Waals surface area contributed by atoms with Crippen molar-refractivity contribution in [1.82, 2.24) is 0 Å². The topological polar surface area (TPSA) is 78.7 Å². The van der Waals surface area contributed by atoms with Crippen LogP contribution in [0.2, 0.25) is 10.0 Å². The Kier molecular flexibility index (Phi) is 6.88. The van der Waals surface area contributed by atoms with E-state index in [2.05, 4.69) is 6.58 Å². The summed E-state index contributed by atoms with van der Waals surface area (Å²) in [4.78, 5) is 10.3. The van der Waals surface area contributed by atoms with E-state index in [0.29, 0.717) is 6.42 Å². The van der Waals surface area contributed by atoms with Gasteiger partial charge in [0.2, 0.25) is 7.37 Å². The summed E-state index contributed by atoms with van der Waals surface area (Å²) in [5.74, 6) is -0.750. The van der Waals surface area contributed by atoms with E-state index in [9.17, 15) is 14.7 Å². The number of rotatable bonds is 8. The van der Waals surface area contributed by atoms with Gasteiger partial charge in [0.1, 0.15) is 10.8 Å². The zero-order valence-corrected chi connectivity index (χ0v) is 14.5. The van der Waals surface area contributed by atoms with E-state index >= 15 is 0 Å². The molecule has 9 heteroatoms. The van der Waals surface area contributed by atoms with Crippen LogP contribution in [0.1, 0.15) is 13.3 Å². The molecule has 0 aliphatic carbocycles. The highest BCUT2D eigenvalue weighted by Gasteiger charge is 2.31. The van der Waals surface area contributed by atoms with E-state index in [0.717, 1.165) is 6.07 Å². The second kappa shape index (κ2) is 7.97. The van der Waals surface area contributed by atoms with Gasteiger partial charge in [0.15, 0.2) is 5.85 Å². The zero-order chi connectivity index (χ0) is 16.9. The van der Waals surface area contributed by atoms with E-state index in [1.54, 1.807) is 6.92 Å². The molecule has 0 saturated carbocycles. The monoisotopic (exact) mass is 367 g/mol. The fraction of sp³-hybridized carbons (Fsp3) is 0.385. The Morgan fingerprint density at radius 1 is 1.45 bits per heavy atom. The van der Waals surface area contributed by atoms with Crippen LogP contribution < -0.4 is 4.74 Å². The normalized spacial score (nSPS) is 14.9. The summed E-state index contributed by atoms with van der Waals surface area (Å²) in [6.45, 7) is 6.80. The van der Waals surface area contributed by atoms with Gasteiger partial charge >= 0.3 is 0 Å². The summed E-state index contributed by atoms with van der Waals surface area (Å²) in [5.41, 5.74) is -0.339. The molecule has 0 fully saturated rings. The molecule has 0 aromatic heterocycles. The fourth-order valence-corrected chi connectivity index (χ4v) is 3.72. The average Bonchev–Trinajstić information content (AvgIpc) is 2.43. The first kappa shape index (κ1) is 19.0. The van der Waals surface area contributed by atoms with Crippen LogP contribution in [0.15, 0.2) is 24.8 Å². The molecule has 0 amide bonds. The third-order valence-corrected chi connectivity index (χ3v) is 5.56. The minimum absolute atomic E-state index is 0.0360. The van der Waals surface area contributed by atoms with Crippen LogP contribution in [-0.4, -0.2) is 24.0 Å². The Morgan fingerprint density at radius 3 is 2.59 bits per heavy atom. The van der Waals surface area contributed by atoms with Gasteiger partial charge < -0.3 is 9.26 Å². The molecule has 122 valence electrons.